The largest absolute Gasteiger partial charge is 0.357 e. The minimum absolute atomic E-state index is 0. The van der Waals surface area contributed by atoms with E-state index in [2.05, 4.69) is 46.6 Å². The Balaban J connectivity index is 0.00000338. The Morgan fingerprint density at radius 1 is 1.12 bits per heavy atom. The SMILES string of the molecule is CCNC(=NCC(=O)NC1CC1)NCC(C(C)C)N1CCCCCC1.I. The van der Waals surface area contributed by atoms with Gasteiger partial charge in [0, 0.05) is 25.2 Å². The number of nitrogens with zero attached hydrogens (tertiary/aromatic N) is 2. The van der Waals surface area contributed by atoms with Gasteiger partial charge >= 0.3 is 0 Å². The second-order valence-corrected chi connectivity index (χ2v) is 7.68. The number of amides is 1. The van der Waals surface area contributed by atoms with E-state index in [1.807, 2.05) is 0 Å². The van der Waals surface area contributed by atoms with Gasteiger partial charge in [0.25, 0.3) is 0 Å². The van der Waals surface area contributed by atoms with Crippen LogP contribution in [0.5, 0.6) is 0 Å². The highest BCUT2D eigenvalue weighted by atomic mass is 127. The van der Waals surface area contributed by atoms with E-state index in [4.69, 9.17) is 0 Å². The zero-order valence-corrected chi connectivity index (χ0v) is 19.1. The molecule has 2 fully saturated rings. The maximum Gasteiger partial charge on any atom is 0.242 e. The van der Waals surface area contributed by atoms with Gasteiger partial charge in [-0.15, -0.1) is 24.0 Å². The molecule has 1 unspecified atom stereocenters. The van der Waals surface area contributed by atoms with Crippen molar-refractivity contribution in [3.05, 3.63) is 0 Å². The summed E-state index contributed by atoms with van der Waals surface area (Å²) in [5, 5.41) is 9.70. The maximum atomic E-state index is 11.9. The van der Waals surface area contributed by atoms with Gasteiger partial charge in [-0.1, -0.05) is 26.7 Å². The normalized spacial score (nSPS) is 20.1. The van der Waals surface area contributed by atoms with Gasteiger partial charge in [-0.25, -0.2) is 4.99 Å². The van der Waals surface area contributed by atoms with Crippen LogP contribution in [0.1, 0.15) is 59.3 Å². The molecule has 3 N–H and O–H groups in total. The molecule has 1 saturated carbocycles. The van der Waals surface area contributed by atoms with Crippen LogP contribution < -0.4 is 16.0 Å². The van der Waals surface area contributed by atoms with Gasteiger partial charge in [-0.2, -0.15) is 0 Å². The van der Waals surface area contributed by atoms with Crippen LogP contribution >= 0.6 is 24.0 Å². The molecule has 0 aromatic heterocycles. The standard InChI is InChI=1S/C19H37N5O.HI/c1-4-20-19(22-14-18(25)23-16-9-10-16)21-13-17(15(2)3)24-11-7-5-6-8-12-24;/h15-17H,4-14H2,1-3H3,(H,23,25)(H2,20,21,22);1H. The third kappa shape index (κ3) is 8.88. The fourth-order valence-corrected chi connectivity index (χ4v) is 3.41. The predicted molar refractivity (Wildman–Crippen MR) is 119 cm³/mol. The van der Waals surface area contributed by atoms with Crippen molar-refractivity contribution in [1.82, 2.24) is 20.9 Å². The number of carbonyl (C=O) groups excluding carboxylic acids is 1. The molecule has 0 radical (unpaired) electrons. The number of halogens is 1. The highest BCUT2D eigenvalue weighted by Gasteiger charge is 2.24. The Hall–Kier alpha value is -0.570. The molecule has 1 atom stereocenters. The monoisotopic (exact) mass is 479 g/mol. The molecule has 2 rings (SSSR count). The van der Waals surface area contributed by atoms with Crippen LogP contribution in [-0.4, -0.2) is 61.6 Å². The van der Waals surface area contributed by atoms with E-state index in [-0.39, 0.29) is 36.4 Å². The number of guanidine groups is 1. The fraction of sp³-hybridized carbons (Fsp3) is 0.895. The Bertz CT molecular complexity index is 432. The van der Waals surface area contributed by atoms with Crippen LogP contribution in [0.15, 0.2) is 4.99 Å². The molecular formula is C19H38IN5O. The maximum absolute atomic E-state index is 11.9. The first-order valence-corrected chi connectivity index (χ1v) is 10.2. The third-order valence-corrected chi connectivity index (χ3v) is 5.03. The van der Waals surface area contributed by atoms with E-state index < -0.39 is 0 Å². The van der Waals surface area contributed by atoms with Gasteiger partial charge in [0.05, 0.1) is 0 Å². The Kier molecular flexibility index (Phi) is 11.5. The number of hydrogen-bond donors (Lipinski definition) is 3. The summed E-state index contributed by atoms with van der Waals surface area (Å²) in [5.74, 6) is 1.35. The molecule has 0 bridgehead atoms. The number of rotatable bonds is 8. The van der Waals surface area contributed by atoms with Gasteiger partial charge in [-0.3, -0.25) is 9.69 Å². The first-order chi connectivity index (χ1) is 12.1. The van der Waals surface area contributed by atoms with Gasteiger partial charge in [0.2, 0.25) is 5.91 Å². The van der Waals surface area contributed by atoms with E-state index in [9.17, 15) is 4.79 Å². The molecule has 1 saturated heterocycles. The highest BCUT2D eigenvalue weighted by molar-refractivity contribution is 14.0. The van der Waals surface area contributed by atoms with Gasteiger partial charge in [0.1, 0.15) is 6.54 Å². The molecular weight excluding hydrogens is 441 g/mol. The van der Waals surface area contributed by atoms with Crippen molar-refractivity contribution >= 4 is 35.8 Å². The van der Waals surface area contributed by atoms with Crippen molar-refractivity contribution in [3.8, 4) is 0 Å². The summed E-state index contributed by atoms with van der Waals surface area (Å²) < 4.78 is 0. The number of hydrogen-bond acceptors (Lipinski definition) is 3. The van der Waals surface area contributed by atoms with Crippen LogP contribution in [0.25, 0.3) is 0 Å². The molecule has 26 heavy (non-hydrogen) atoms. The average molecular weight is 479 g/mol. The third-order valence-electron chi connectivity index (χ3n) is 5.03. The van der Waals surface area contributed by atoms with Crippen LogP contribution in [0.4, 0.5) is 0 Å². The summed E-state index contributed by atoms with van der Waals surface area (Å²) in [7, 11) is 0. The quantitative estimate of drug-likeness (QED) is 0.284. The number of nitrogens with one attached hydrogen (secondary N) is 3. The molecule has 1 aliphatic heterocycles. The lowest BCUT2D eigenvalue weighted by atomic mass is 10.0. The molecule has 2 aliphatic rings. The second-order valence-electron chi connectivity index (χ2n) is 7.68. The van der Waals surface area contributed by atoms with Crippen LogP contribution in [0, 0.1) is 5.92 Å². The number of carbonyl (C=O) groups is 1. The zero-order valence-electron chi connectivity index (χ0n) is 16.7. The minimum atomic E-state index is 0. The lowest BCUT2D eigenvalue weighted by molar-refractivity contribution is -0.119. The van der Waals surface area contributed by atoms with Crippen molar-refractivity contribution < 1.29 is 4.79 Å². The van der Waals surface area contributed by atoms with Crippen LogP contribution in [0.2, 0.25) is 0 Å². The first-order valence-electron chi connectivity index (χ1n) is 10.2. The van der Waals surface area contributed by atoms with E-state index >= 15 is 0 Å². The predicted octanol–water partition coefficient (Wildman–Crippen LogP) is 2.34. The molecule has 0 aromatic carbocycles. The summed E-state index contributed by atoms with van der Waals surface area (Å²) in [4.78, 5) is 18.9. The van der Waals surface area contributed by atoms with Crippen molar-refractivity contribution in [2.24, 2.45) is 10.9 Å². The van der Waals surface area contributed by atoms with Crippen LogP contribution in [-0.2, 0) is 4.79 Å². The van der Waals surface area contributed by atoms with E-state index in [0.717, 1.165) is 31.9 Å². The van der Waals surface area contributed by atoms with E-state index in [1.165, 1.54) is 38.8 Å². The molecule has 0 spiro atoms. The summed E-state index contributed by atoms with van der Waals surface area (Å²) in [6.45, 7) is 10.9. The lowest BCUT2D eigenvalue weighted by Gasteiger charge is -2.34. The smallest absolute Gasteiger partial charge is 0.242 e. The fourth-order valence-electron chi connectivity index (χ4n) is 3.41. The summed E-state index contributed by atoms with van der Waals surface area (Å²) >= 11 is 0. The van der Waals surface area contributed by atoms with Crippen molar-refractivity contribution in [2.75, 3.05) is 32.7 Å². The molecule has 6 nitrogen and oxygen atoms in total. The molecule has 1 heterocycles. The number of likely N-dealkylation sites (tertiary alicyclic amines) is 1. The topological polar surface area (TPSA) is 68.8 Å². The summed E-state index contributed by atoms with van der Waals surface area (Å²) in [6.07, 6.45) is 7.54. The zero-order chi connectivity index (χ0) is 18.1. The first kappa shape index (κ1) is 23.5. The van der Waals surface area contributed by atoms with Crippen LogP contribution in [0.3, 0.4) is 0 Å². The number of aliphatic imine (C=N–C) groups is 1. The van der Waals surface area contributed by atoms with E-state index in [0.29, 0.717) is 18.0 Å². The Morgan fingerprint density at radius 2 is 1.77 bits per heavy atom. The summed E-state index contributed by atoms with van der Waals surface area (Å²) in [6, 6.07) is 0.897. The molecule has 152 valence electrons. The Morgan fingerprint density at radius 3 is 2.31 bits per heavy atom. The minimum Gasteiger partial charge on any atom is -0.357 e. The van der Waals surface area contributed by atoms with Gasteiger partial charge < -0.3 is 16.0 Å². The van der Waals surface area contributed by atoms with Gasteiger partial charge in [0.15, 0.2) is 5.96 Å². The molecule has 1 aliphatic carbocycles. The second kappa shape index (κ2) is 12.8. The molecule has 1 amide bonds. The van der Waals surface area contributed by atoms with Crippen molar-refractivity contribution in [1.29, 1.82) is 0 Å². The molecule has 0 aromatic rings. The molecule has 7 heteroatoms. The summed E-state index contributed by atoms with van der Waals surface area (Å²) in [5.41, 5.74) is 0. The van der Waals surface area contributed by atoms with Gasteiger partial charge in [-0.05, 0) is 51.6 Å². The Labute approximate surface area is 176 Å². The van der Waals surface area contributed by atoms with E-state index in [1.54, 1.807) is 0 Å². The average Bonchev–Trinajstić information content (AvgIpc) is 3.40. The lowest BCUT2D eigenvalue weighted by Crippen LogP contribution is -2.50. The van der Waals surface area contributed by atoms with Crippen molar-refractivity contribution in [3.63, 3.8) is 0 Å². The van der Waals surface area contributed by atoms with Crippen molar-refractivity contribution in [2.45, 2.75) is 71.4 Å². The highest BCUT2D eigenvalue weighted by Crippen LogP contribution is 2.18.